The van der Waals surface area contributed by atoms with Gasteiger partial charge in [-0.3, -0.25) is 9.89 Å². The van der Waals surface area contributed by atoms with Crippen LogP contribution in [0.1, 0.15) is 32.1 Å². The lowest BCUT2D eigenvalue weighted by molar-refractivity contribution is 0.270. The molecule has 1 N–H and O–H groups in total. The quantitative estimate of drug-likeness (QED) is 0.350. The van der Waals surface area contributed by atoms with Gasteiger partial charge in [-0.05, 0) is 12.8 Å². The van der Waals surface area contributed by atoms with Crippen LogP contribution in [-0.2, 0) is 9.84 Å². The molecule has 0 aromatic carbocycles. The molecule has 3 rings (SSSR count). The topological polar surface area (TPSA) is 65.0 Å². The highest BCUT2D eigenvalue weighted by Crippen LogP contribution is 2.38. The van der Waals surface area contributed by atoms with Crippen molar-refractivity contribution in [3.05, 3.63) is 0 Å². The zero-order valence-corrected chi connectivity index (χ0v) is 19.7. The molecule has 3 aliphatic rings. The first kappa shape index (κ1) is 22.5. The Morgan fingerprint density at radius 1 is 1.15 bits per heavy atom. The zero-order chi connectivity index (χ0) is 17.8. The van der Waals surface area contributed by atoms with Gasteiger partial charge >= 0.3 is 0 Å². The van der Waals surface area contributed by atoms with Crippen molar-refractivity contribution >= 4 is 51.5 Å². The SMILES string of the molecule is CN=C(NCCN1CCSCC1)N1CCS(=O)(=O)C2(CCCCC2)C1.I. The van der Waals surface area contributed by atoms with Crippen molar-refractivity contribution in [2.24, 2.45) is 4.99 Å². The highest BCUT2D eigenvalue weighted by atomic mass is 127. The standard InChI is InChI=1S/C17H32N4O2S2.HI/c1-18-16(19-7-8-20-9-12-24-13-10-20)21-11-14-25(22,23)17(15-21)5-3-2-4-6-17;/h2-15H2,1H3,(H,18,19);1H. The fourth-order valence-corrected chi connectivity index (χ4v) is 7.44. The molecule has 9 heteroatoms. The van der Waals surface area contributed by atoms with Crippen LogP contribution in [0.3, 0.4) is 0 Å². The second-order valence-electron chi connectivity index (χ2n) is 7.41. The fourth-order valence-electron chi connectivity index (χ4n) is 4.30. The van der Waals surface area contributed by atoms with E-state index in [1.54, 1.807) is 7.05 Å². The summed E-state index contributed by atoms with van der Waals surface area (Å²) in [6, 6.07) is 0. The first-order valence-electron chi connectivity index (χ1n) is 9.54. The third-order valence-electron chi connectivity index (χ3n) is 5.86. The predicted molar refractivity (Wildman–Crippen MR) is 122 cm³/mol. The summed E-state index contributed by atoms with van der Waals surface area (Å²) in [6.45, 7) is 5.38. The number of nitrogens with one attached hydrogen (secondary N) is 1. The summed E-state index contributed by atoms with van der Waals surface area (Å²) in [7, 11) is -1.19. The third kappa shape index (κ3) is 5.20. The maximum absolute atomic E-state index is 12.7. The van der Waals surface area contributed by atoms with Crippen LogP contribution in [0.15, 0.2) is 4.99 Å². The van der Waals surface area contributed by atoms with Gasteiger partial charge in [0.1, 0.15) is 0 Å². The normalized spacial score (nSPS) is 26.3. The van der Waals surface area contributed by atoms with E-state index < -0.39 is 14.6 Å². The Morgan fingerprint density at radius 3 is 2.50 bits per heavy atom. The second kappa shape index (κ2) is 10.2. The summed E-state index contributed by atoms with van der Waals surface area (Å²) in [5.41, 5.74) is 0. The lowest BCUT2D eigenvalue weighted by Gasteiger charge is -2.45. The van der Waals surface area contributed by atoms with Crippen LogP contribution in [0.2, 0.25) is 0 Å². The molecule has 1 spiro atoms. The monoisotopic (exact) mass is 516 g/mol. The van der Waals surface area contributed by atoms with E-state index in [4.69, 9.17) is 0 Å². The molecule has 1 saturated carbocycles. The van der Waals surface area contributed by atoms with Crippen LogP contribution in [0.25, 0.3) is 0 Å². The van der Waals surface area contributed by atoms with Crippen LogP contribution in [-0.4, -0.2) is 92.5 Å². The number of sulfone groups is 1. The van der Waals surface area contributed by atoms with Gasteiger partial charge in [0, 0.05) is 57.8 Å². The first-order chi connectivity index (χ1) is 12.1. The molecule has 26 heavy (non-hydrogen) atoms. The van der Waals surface area contributed by atoms with Crippen LogP contribution >= 0.6 is 35.7 Å². The molecular formula is C17H33IN4O2S2. The Balaban J connectivity index is 0.00000243. The lowest BCUT2D eigenvalue weighted by Crippen LogP contribution is -2.60. The molecule has 0 bridgehead atoms. The van der Waals surface area contributed by atoms with Crippen LogP contribution in [0, 0.1) is 0 Å². The molecule has 0 radical (unpaired) electrons. The smallest absolute Gasteiger partial charge is 0.193 e. The Hall–Kier alpha value is 0.260. The number of guanidine groups is 1. The van der Waals surface area contributed by atoms with Gasteiger partial charge in [-0.25, -0.2) is 8.42 Å². The molecule has 2 saturated heterocycles. The van der Waals surface area contributed by atoms with E-state index in [0.29, 0.717) is 13.1 Å². The van der Waals surface area contributed by atoms with Gasteiger partial charge < -0.3 is 10.2 Å². The minimum atomic E-state index is -2.99. The Labute approximate surface area is 179 Å². The van der Waals surface area contributed by atoms with Gasteiger partial charge in [0.15, 0.2) is 15.8 Å². The van der Waals surface area contributed by atoms with E-state index in [9.17, 15) is 8.42 Å². The highest BCUT2D eigenvalue weighted by Gasteiger charge is 2.48. The minimum absolute atomic E-state index is 0. The number of hydrogen-bond donors (Lipinski definition) is 1. The van der Waals surface area contributed by atoms with Crippen LogP contribution in [0.5, 0.6) is 0 Å². The van der Waals surface area contributed by atoms with Gasteiger partial charge in [0.05, 0.1) is 10.5 Å². The van der Waals surface area contributed by atoms with Gasteiger partial charge in [-0.15, -0.1) is 24.0 Å². The molecule has 2 aliphatic heterocycles. The van der Waals surface area contributed by atoms with E-state index in [1.165, 1.54) is 17.9 Å². The number of hydrogen-bond acceptors (Lipinski definition) is 5. The van der Waals surface area contributed by atoms with E-state index in [1.807, 2.05) is 11.8 Å². The molecule has 6 nitrogen and oxygen atoms in total. The van der Waals surface area contributed by atoms with Gasteiger partial charge in [-0.1, -0.05) is 19.3 Å². The van der Waals surface area contributed by atoms with Gasteiger partial charge in [-0.2, -0.15) is 11.8 Å². The largest absolute Gasteiger partial charge is 0.355 e. The molecular weight excluding hydrogens is 483 g/mol. The van der Waals surface area contributed by atoms with E-state index in [2.05, 4.69) is 20.1 Å². The highest BCUT2D eigenvalue weighted by molar-refractivity contribution is 14.0. The van der Waals surface area contributed by atoms with Crippen LogP contribution in [0.4, 0.5) is 0 Å². The summed E-state index contributed by atoms with van der Waals surface area (Å²) >= 11 is 2.03. The zero-order valence-electron chi connectivity index (χ0n) is 15.8. The minimum Gasteiger partial charge on any atom is -0.355 e. The number of rotatable bonds is 3. The third-order valence-corrected chi connectivity index (χ3v) is 9.38. The fraction of sp³-hybridized carbons (Fsp3) is 0.941. The van der Waals surface area contributed by atoms with Crippen molar-refractivity contribution < 1.29 is 8.42 Å². The Kier molecular flexibility index (Phi) is 8.81. The summed E-state index contributed by atoms with van der Waals surface area (Å²) in [4.78, 5) is 9.10. The molecule has 1 aliphatic carbocycles. The predicted octanol–water partition coefficient (Wildman–Crippen LogP) is 1.66. The maximum atomic E-state index is 12.7. The van der Waals surface area contributed by atoms with Crippen molar-refractivity contribution in [1.82, 2.24) is 15.1 Å². The molecule has 0 atom stereocenters. The average Bonchev–Trinajstić information content (AvgIpc) is 2.63. The number of nitrogens with zero attached hydrogens (tertiary/aromatic N) is 3. The maximum Gasteiger partial charge on any atom is 0.193 e. The van der Waals surface area contributed by atoms with E-state index in [-0.39, 0.29) is 29.7 Å². The Morgan fingerprint density at radius 2 is 1.85 bits per heavy atom. The molecule has 2 heterocycles. The van der Waals surface area contributed by atoms with Gasteiger partial charge in [0.25, 0.3) is 0 Å². The second-order valence-corrected chi connectivity index (χ2v) is 11.1. The van der Waals surface area contributed by atoms with Crippen LogP contribution < -0.4 is 5.32 Å². The Bertz CT molecular complexity index is 573. The van der Waals surface area contributed by atoms with E-state index in [0.717, 1.165) is 57.8 Å². The molecule has 3 fully saturated rings. The first-order valence-corrected chi connectivity index (χ1v) is 12.4. The van der Waals surface area contributed by atoms with Crippen molar-refractivity contribution in [2.75, 3.05) is 63.6 Å². The molecule has 0 aromatic heterocycles. The molecule has 0 unspecified atom stereocenters. The van der Waals surface area contributed by atoms with E-state index >= 15 is 0 Å². The van der Waals surface area contributed by atoms with Crippen molar-refractivity contribution in [2.45, 2.75) is 36.9 Å². The summed E-state index contributed by atoms with van der Waals surface area (Å²) in [6.07, 6.45) is 4.86. The number of halogens is 1. The number of thioether (sulfide) groups is 1. The van der Waals surface area contributed by atoms with Gasteiger partial charge in [0.2, 0.25) is 0 Å². The average molecular weight is 517 g/mol. The van der Waals surface area contributed by atoms with Crippen molar-refractivity contribution in [3.8, 4) is 0 Å². The van der Waals surface area contributed by atoms with Crippen molar-refractivity contribution in [1.29, 1.82) is 0 Å². The lowest BCUT2D eigenvalue weighted by atomic mass is 9.87. The van der Waals surface area contributed by atoms with Crippen molar-refractivity contribution in [3.63, 3.8) is 0 Å². The summed E-state index contributed by atoms with van der Waals surface area (Å²) in [5.74, 6) is 3.57. The molecule has 0 aromatic rings. The summed E-state index contributed by atoms with van der Waals surface area (Å²) in [5, 5.41) is 3.47. The number of aliphatic imine (C=N–C) groups is 1. The summed E-state index contributed by atoms with van der Waals surface area (Å²) < 4.78 is 24.9. The molecule has 152 valence electrons. The molecule has 0 amide bonds.